The number of carbonyl (C=O) groups excluding carboxylic acids is 1. The number of unbranched alkanes of at least 4 members (excludes halogenated alkanes) is 22. The van der Waals surface area contributed by atoms with Gasteiger partial charge in [0, 0.05) is 13.0 Å². The average Bonchev–Trinajstić information content (AvgIpc) is 3.22. The molecule has 0 aliphatic carbocycles. The number of ether oxygens (including phenoxy) is 2. The first-order valence-corrected chi connectivity index (χ1v) is 26.5. The smallest absolute Gasteiger partial charge is 0.306 e. The number of rotatable bonds is 46. The second kappa shape index (κ2) is 44.8. The third kappa shape index (κ3) is 49.1. The fraction of sp³-hybridized carbons (Fsp3) is 0.788. The number of hydrogen-bond acceptors (Lipinski definition) is 7. The maximum absolute atomic E-state index is 12.7. The first-order chi connectivity index (χ1) is 29.6. The molecule has 8 nitrogen and oxygen atoms in total. The summed E-state index contributed by atoms with van der Waals surface area (Å²) in [6, 6.07) is 0. The van der Waals surface area contributed by atoms with Crippen molar-refractivity contribution in [3.8, 4) is 0 Å². The molecule has 356 valence electrons. The van der Waals surface area contributed by atoms with Gasteiger partial charge in [0.1, 0.15) is 19.3 Å². The molecular formula is C52H96NO7P. The van der Waals surface area contributed by atoms with Crippen molar-refractivity contribution in [2.75, 3.05) is 54.1 Å². The van der Waals surface area contributed by atoms with Crippen LogP contribution in [0.4, 0.5) is 0 Å². The first kappa shape index (κ1) is 59.2. The summed E-state index contributed by atoms with van der Waals surface area (Å²) in [6.07, 6.45) is 56.6. The highest BCUT2D eigenvalue weighted by Gasteiger charge is 2.20. The van der Waals surface area contributed by atoms with Crippen molar-refractivity contribution in [1.29, 1.82) is 0 Å². The Morgan fingerprint density at radius 1 is 0.508 bits per heavy atom. The summed E-state index contributed by atoms with van der Waals surface area (Å²) in [5, 5.41) is 0. The maximum atomic E-state index is 12.7. The number of nitrogens with zero attached hydrogens (tertiary/aromatic N) is 1. The molecular weight excluding hydrogens is 782 g/mol. The van der Waals surface area contributed by atoms with Crippen LogP contribution in [0.15, 0.2) is 60.8 Å². The van der Waals surface area contributed by atoms with E-state index in [1.165, 1.54) is 122 Å². The van der Waals surface area contributed by atoms with Crippen LogP contribution >= 0.6 is 7.82 Å². The number of quaternary nitrogens is 1. The summed E-state index contributed by atoms with van der Waals surface area (Å²) in [4.78, 5) is 25.2. The minimum atomic E-state index is -4.54. The molecule has 0 aliphatic heterocycles. The number of likely N-dealkylation sites (N-methyl/N-ethyl adjacent to an activating group) is 1. The van der Waals surface area contributed by atoms with Gasteiger partial charge in [0.05, 0.1) is 34.4 Å². The van der Waals surface area contributed by atoms with E-state index in [0.29, 0.717) is 24.1 Å². The van der Waals surface area contributed by atoms with Crippen molar-refractivity contribution < 1.29 is 37.3 Å². The Labute approximate surface area is 377 Å². The van der Waals surface area contributed by atoms with Crippen molar-refractivity contribution in [2.24, 2.45) is 0 Å². The zero-order valence-corrected chi connectivity index (χ0v) is 41.2. The van der Waals surface area contributed by atoms with Gasteiger partial charge in [0.2, 0.25) is 0 Å². The molecule has 9 heteroatoms. The van der Waals surface area contributed by atoms with E-state index in [2.05, 4.69) is 74.6 Å². The van der Waals surface area contributed by atoms with Gasteiger partial charge in [-0.05, 0) is 83.5 Å². The Hall–Kier alpha value is -1.80. The van der Waals surface area contributed by atoms with Crippen LogP contribution in [0.2, 0.25) is 0 Å². The lowest BCUT2D eigenvalue weighted by Gasteiger charge is -2.28. The quantitative estimate of drug-likeness (QED) is 0.0198. The number of carbonyl (C=O) groups is 1. The lowest BCUT2D eigenvalue weighted by molar-refractivity contribution is -0.870. The van der Waals surface area contributed by atoms with Gasteiger partial charge in [-0.1, -0.05) is 177 Å². The standard InChI is InChI=1S/C52H96NO7P/c1-6-8-10-12-14-16-18-20-22-24-26-28-30-32-34-36-38-40-42-44-47-57-49-51(50-59-61(55,56)58-48-46-53(3,4)5)60-52(54)45-43-41-39-37-35-33-31-29-27-25-23-21-19-17-15-13-11-9-7-2/h14-17,20-23,26,28,51H,6-13,18-19,24-25,27,29-50H2,1-5H3/b16-14-,17-15-,22-20-,23-21-,28-26-. The Kier molecular flexibility index (Phi) is 43.5. The largest absolute Gasteiger partial charge is 0.756 e. The van der Waals surface area contributed by atoms with Crippen LogP contribution in [-0.4, -0.2) is 70.7 Å². The van der Waals surface area contributed by atoms with Crippen molar-refractivity contribution in [3.05, 3.63) is 60.8 Å². The van der Waals surface area contributed by atoms with E-state index in [1.54, 1.807) is 0 Å². The third-order valence-corrected chi connectivity index (χ3v) is 11.5. The molecule has 0 rings (SSSR count). The zero-order valence-electron chi connectivity index (χ0n) is 40.4. The van der Waals surface area contributed by atoms with Crippen LogP contribution in [0.5, 0.6) is 0 Å². The summed E-state index contributed by atoms with van der Waals surface area (Å²) in [7, 11) is 1.34. The Bertz CT molecular complexity index is 1160. The molecule has 0 spiro atoms. The van der Waals surface area contributed by atoms with Crippen LogP contribution in [0.3, 0.4) is 0 Å². The van der Waals surface area contributed by atoms with Crippen LogP contribution in [0, 0.1) is 0 Å². The van der Waals surface area contributed by atoms with Gasteiger partial charge in [-0.3, -0.25) is 9.36 Å². The Morgan fingerprint density at radius 3 is 1.34 bits per heavy atom. The molecule has 0 radical (unpaired) electrons. The third-order valence-electron chi connectivity index (χ3n) is 10.5. The average molecular weight is 878 g/mol. The van der Waals surface area contributed by atoms with Crippen molar-refractivity contribution >= 4 is 13.8 Å². The van der Waals surface area contributed by atoms with Crippen LogP contribution in [0.1, 0.15) is 206 Å². The summed E-state index contributed by atoms with van der Waals surface area (Å²) in [5.41, 5.74) is 0. The van der Waals surface area contributed by atoms with Gasteiger partial charge in [-0.2, -0.15) is 0 Å². The van der Waals surface area contributed by atoms with Gasteiger partial charge in [0.15, 0.2) is 0 Å². The van der Waals surface area contributed by atoms with Gasteiger partial charge < -0.3 is 27.9 Å². The molecule has 0 saturated carbocycles. The van der Waals surface area contributed by atoms with E-state index in [-0.39, 0.29) is 25.8 Å². The van der Waals surface area contributed by atoms with E-state index in [9.17, 15) is 14.3 Å². The van der Waals surface area contributed by atoms with E-state index >= 15 is 0 Å². The van der Waals surface area contributed by atoms with E-state index in [0.717, 1.165) is 64.2 Å². The molecule has 0 heterocycles. The number of allylic oxidation sites excluding steroid dienone is 10. The minimum Gasteiger partial charge on any atom is -0.756 e. The summed E-state index contributed by atoms with van der Waals surface area (Å²) in [6.45, 7) is 5.34. The van der Waals surface area contributed by atoms with Gasteiger partial charge in [-0.25, -0.2) is 0 Å². The molecule has 0 aromatic carbocycles. The predicted molar refractivity (Wildman–Crippen MR) is 259 cm³/mol. The lowest BCUT2D eigenvalue weighted by atomic mass is 10.1. The molecule has 2 unspecified atom stereocenters. The SMILES string of the molecule is CCCCC/C=C\C/C=C\C/C=C\CCCCCCCCCOCC(COP(=O)([O-])OCC[N+](C)(C)C)OC(=O)CCCCCCCCCCC/C=C\C/C=C\CCCCC. The highest BCUT2D eigenvalue weighted by Crippen LogP contribution is 2.38. The highest BCUT2D eigenvalue weighted by molar-refractivity contribution is 7.45. The molecule has 0 aromatic rings. The number of phosphoric acid groups is 1. The van der Waals surface area contributed by atoms with Crippen molar-refractivity contribution in [2.45, 2.75) is 213 Å². The Morgan fingerprint density at radius 2 is 0.902 bits per heavy atom. The number of hydrogen-bond donors (Lipinski definition) is 0. The van der Waals surface area contributed by atoms with Crippen molar-refractivity contribution in [1.82, 2.24) is 0 Å². The van der Waals surface area contributed by atoms with Crippen LogP contribution < -0.4 is 4.89 Å². The summed E-state index contributed by atoms with van der Waals surface area (Å²) >= 11 is 0. The molecule has 0 aromatic heterocycles. The number of esters is 1. The van der Waals surface area contributed by atoms with Crippen LogP contribution in [0.25, 0.3) is 0 Å². The Balaban J connectivity index is 4.20. The molecule has 0 N–H and O–H groups in total. The normalized spacial score (nSPS) is 14.1. The molecule has 0 amide bonds. The fourth-order valence-electron chi connectivity index (χ4n) is 6.64. The van der Waals surface area contributed by atoms with Gasteiger partial charge in [0.25, 0.3) is 7.82 Å². The summed E-state index contributed by atoms with van der Waals surface area (Å²) < 4.78 is 34.7. The first-order valence-electron chi connectivity index (χ1n) is 25.0. The van der Waals surface area contributed by atoms with Gasteiger partial charge >= 0.3 is 5.97 Å². The molecule has 0 fully saturated rings. The zero-order chi connectivity index (χ0) is 44.8. The maximum Gasteiger partial charge on any atom is 0.306 e. The minimum absolute atomic E-state index is 0.0209. The number of phosphoric ester groups is 1. The van der Waals surface area contributed by atoms with E-state index in [1.807, 2.05) is 21.1 Å². The lowest BCUT2D eigenvalue weighted by Crippen LogP contribution is -2.37. The molecule has 0 saturated heterocycles. The predicted octanol–water partition coefficient (Wildman–Crippen LogP) is 14.6. The summed E-state index contributed by atoms with van der Waals surface area (Å²) in [5.74, 6) is -0.343. The van der Waals surface area contributed by atoms with E-state index in [4.69, 9.17) is 18.5 Å². The molecule has 61 heavy (non-hydrogen) atoms. The van der Waals surface area contributed by atoms with Crippen molar-refractivity contribution in [3.63, 3.8) is 0 Å². The van der Waals surface area contributed by atoms with Crippen LogP contribution in [-0.2, 0) is 27.9 Å². The van der Waals surface area contributed by atoms with E-state index < -0.39 is 13.9 Å². The topological polar surface area (TPSA) is 94.1 Å². The fourth-order valence-corrected chi connectivity index (χ4v) is 7.37. The second-order valence-corrected chi connectivity index (χ2v) is 19.2. The monoisotopic (exact) mass is 878 g/mol. The molecule has 0 bridgehead atoms. The molecule has 2 atom stereocenters. The van der Waals surface area contributed by atoms with Gasteiger partial charge in [-0.15, -0.1) is 0 Å². The highest BCUT2D eigenvalue weighted by atomic mass is 31.2. The molecule has 0 aliphatic rings. The second-order valence-electron chi connectivity index (χ2n) is 17.8.